The Hall–Kier alpha value is -13.4. The quantitative estimate of drug-likeness (QED) is 0.0286. The third-order valence-electron chi connectivity index (χ3n) is 17.2. The SMILES string of the molecule is Nc1ncnc2c1nc(C(=O)c1ccccc1)n2[C@]1(C(=O)c2ccccc2)O[C@](C(=O)c2ccccc2)(C(OC(=O)c2ccccc2)(C(=O)c2ccccc2)C(=O)c2ccccc2)[C@](OC(=O)c2ccccc2)(C(=O)c2ccccc2)[C@]1(OC(=O)c1ccccc1)C(=O)c1ccccc1. The van der Waals surface area contributed by atoms with Crippen LogP contribution < -0.4 is 5.73 Å². The number of nitrogens with zero attached hydrogens (tertiary/aromatic N) is 4. The fourth-order valence-corrected chi connectivity index (χ4v) is 12.8. The standard InChI is InChI=1S/C80H53N5O14/c81-70-62-71(83-51-82-70)85(72(84-62)63(86)52-31-11-1-12-32-52)80(69(92)58-43-23-7-24-44-58)79(68(91)57-41-21-6-22-42-57,98-75(95)61-49-29-10-30-50-61)78(67(90)56-39-19-5-20-40-56,97-74(94)60-47-27-9-28-48-60)77(99-80,66(89)55-37-17-4-18-38-55)76(64(87)53-33-13-2-14-34-53,65(88)54-35-15-3-16-36-54)96-73(93)59-45-25-8-26-46-59/h1-51H,(H2,81,82,83)/t77-,78-,79-,80-/m1/s1. The molecular weight excluding hydrogens is 1250 g/mol. The summed E-state index contributed by atoms with van der Waals surface area (Å²) >= 11 is 0. The van der Waals surface area contributed by atoms with Gasteiger partial charge in [-0.25, -0.2) is 29.3 Å². The minimum absolute atomic E-state index is 0.222. The van der Waals surface area contributed by atoms with Crippen molar-refractivity contribution >= 4 is 75.4 Å². The normalized spacial score (nSPS) is 17.9. The van der Waals surface area contributed by atoms with Crippen LogP contribution in [0.25, 0.3) is 11.2 Å². The summed E-state index contributed by atoms with van der Waals surface area (Å²) in [5.74, 6) is -18.5. The van der Waals surface area contributed by atoms with Crippen LogP contribution in [0.1, 0.15) is 109 Å². The average molecular weight is 1310 g/mol. The molecule has 1 saturated heterocycles. The number of fused-ring (bicyclic) bond motifs is 1. The summed E-state index contributed by atoms with van der Waals surface area (Å²) < 4.78 is 30.3. The second-order valence-corrected chi connectivity index (χ2v) is 22.8. The lowest BCUT2D eigenvalue weighted by atomic mass is 9.54. The Morgan fingerprint density at radius 2 is 0.667 bits per heavy atom. The third kappa shape index (κ3) is 10.4. The van der Waals surface area contributed by atoms with Gasteiger partial charge >= 0.3 is 17.9 Å². The number of carbonyl (C=O) groups excluding carboxylic acids is 10. The van der Waals surface area contributed by atoms with E-state index in [9.17, 15) is 0 Å². The highest BCUT2D eigenvalue weighted by Gasteiger charge is 3.00. The highest BCUT2D eigenvalue weighted by atomic mass is 16.7. The second-order valence-electron chi connectivity index (χ2n) is 22.8. The molecule has 482 valence electrons. The molecule has 1 fully saturated rings. The summed E-state index contributed by atoms with van der Waals surface area (Å²) in [7, 11) is 0. The number of anilines is 1. The zero-order valence-corrected chi connectivity index (χ0v) is 52.0. The molecule has 19 heteroatoms. The Balaban J connectivity index is 1.43. The molecule has 0 bridgehead atoms. The number of esters is 3. The number of carbonyl (C=O) groups is 10. The third-order valence-corrected chi connectivity index (χ3v) is 17.2. The number of hydrogen-bond acceptors (Lipinski definition) is 18. The molecule has 13 rings (SSSR count). The molecular formula is C80H53N5O14. The van der Waals surface area contributed by atoms with Crippen LogP contribution in [0.2, 0.25) is 0 Å². The lowest BCUT2D eigenvalue weighted by Gasteiger charge is -2.52. The van der Waals surface area contributed by atoms with Crippen molar-refractivity contribution in [3.05, 3.63) is 371 Å². The molecule has 0 aliphatic carbocycles. The summed E-state index contributed by atoms with van der Waals surface area (Å²) in [5.41, 5.74) is -22.9. The summed E-state index contributed by atoms with van der Waals surface area (Å²) in [5, 5.41) is 0. The number of Topliss-reactive ketones (excluding diaryl/α,β-unsaturated/α-hetero) is 6. The zero-order valence-electron chi connectivity index (χ0n) is 52.0. The smallest absolute Gasteiger partial charge is 0.339 e. The number of hydrogen-bond donors (Lipinski definition) is 1. The van der Waals surface area contributed by atoms with Crippen LogP contribution in [-0.2, 0) is 24.7 Å². The van der Waals surface area contributed by atoms with Crippen LogP contribution in [0.15, 0.2) is 310 Å². The van der Waals surface area contributed by atoms with Crippen molar-refractivity contribution in [2.45, 2.75) is 28.1 Å². The topological polar surface area (TPSA) is 277 Å². The first-order valence-corrected chi connectivity index (χ1v) is 30.9. The largest absolute Gasteiger partial charge is 0.438 e. The van der Waals surface area contributed by atoms with Gasteiger partial charge in [0.15, 0.2) is 22.8 Å². The van der Waals surface area contributed by atoms with E-state index in [1.54, 1.807) is 6.07 Å². The van der Waals surface area contributed by atoms with Crippen LogP contribution in [-0.4, -0.2) is 100 Å². The van der Waals surface area contributed by atoms with E-state index in [0.717, 1.165) is 67.0 Å². The predicted molar refractivity (Wildman–Crippen MR) is 360 cm³/mol. The van der Waals surface area contributed by atoms with Crippen molar-refractivity contribution in [1.82, 2.24) is 19.5 Å². The molecule has 1 aliphatic heterocycles. The minimum Gasteiger partial charge on any atom is -0.438 e. The number of nitrogens with two attached hydrogens (primary N) is 1. The van der Waals surface area contributed by atoms with Gasteiger partial charge in [-0.2, -0.15) is 0 Å². The Morgan fingerprint density at radius 1 is 0.354 bits per heavy atom. The fourth-order valence-electron chi connectivity index (χ4n) is 12.8. The predicted octanol–water partition coefficient (Wildman–Crippen LogP) is 12.1. The highest BCUT2D eigenvalue weighted by Crippen LogP contribution is 2.68. The molecule has 0 saturated carbocycles. The number of nitrogen functional groups attached to an aromatic ring is 1. The molecule has 99 heavy (non-hydrogen) atoms. The van der Waals surface area contributed by atoms with E-state index in [1.165, 1.54) is 237 Å². The van der Waals surface area contributed by atoms with E-state index < -0.39 is 159 Å². The van der Waals surface area contributed by atoms with Gasteiger partial charge in [-0.05, 0) is 36.4 Å². The molecule has 2 N–H and O–H groups in total. The van der Waals surface area contributed by atoms with Crippen molar-refractivity contribution in [3.8, 4) is 0 Å². The maximum atomic E-state index is 18.8. The number of rotatable bonds is 22. The van der Waals surface area contributed by atoms with Crippen molar-refractivity contribution < 1.29 is 66.9 Å². The van der Waals surface area contributed by atoms with Crippen molar-refractivity contribution in [3.63, 3.8) is 0 Å². The van der Waals surface area contributed by atoms with Gasteiger partial charge in [0.25, 0.3) is 22.5 Å². The van der Waals surface area contributed by atoms with E-state index in [-0.39, 0.29) is 5.56 Å². The van der Waals surface area contributed by atoms with Gasteiger partial charge in [0.2, 0.25) is 46.1 Å². The van der Waals surface area contributed by atoms with Crippen LogP contribution >= 0.6 is 0 Å². The van der Waals surface area contributed by atoms with Gasteiger partial charge in [-0.3, -0.25) is 38.1 Å². The molecule has 19 nitrogen and oxygen atoms in total. The number of ether oxygens (including phenoxy) is 4. The molecule has 0 spiro atoms. The van der Waals surface area contributed by atoms with Crippen molar-refractivity contribution in [2.24, 2.45) is 0 Å². The van der Waals surface area contributed by atoms with Gasteiger partial charge in [0.05, 0.1) is 16.7 Å². The molecule has 4 atom stereocenters. The molecule has 0 amide bonds. The molecule has 3 heterocycles. The van der Waals surface area contributed by atoms with Crippen LogP contribution in [0, 0.1) is 0 Å². The molecule has 10 aromatic carbocycles. The van der Waals surface area contributed by atoms with E-state index in [1.807, 2.05) is 0 Å². The van der Waals surface area contributed by atoms with Gasteiger partial charge in [0.1, 0.15) is 6.33 Å². The maximum absolute atomic E-state index is 18.8. The summed E-state index contributed by atoms with van der Waals surface area (Å²) in [6.07, 6.45) is 0.864. The minimum atomic E-state index is -4.71. The Bertz CT molecular complexity index is 5010. The number of imidazole rings is 1. The molecule has 0 unspecified atom stereocenters. The van der Waals surface area contributed by atoms with Gasteiger partial charge < -0.3 is 24.7 Å². The lowest BCUT2D eigenvalue weighted by Crippen LogP contribution is -2.85. The summed E-state index contributed by atoms with van der Waals surface area (Å²) in [6, 6.07) is 66.2. The Labute approximate surface area is 564 Å². The van der Waals surface area contributed by atoms with E-state index in [2.05, 4.69) is 9.97 Å². The molecule has 12 aromatic rings. The molecule has 1 aliphatic rings. The first-order valence-electron chi connectivity index (χ1n) is 30.9. The van der Waals surface area contributed by atoms with E-state index >= 15 is 47.9 Å². The molecule has 0 radical (unpaired) electrons. The van der Waals surface area contributed by atoms with Gasteiger partial charge in [0, 0.05) is 38.9 Å². The highest BCUT2D eigenvalue weighted by molar-refractivity contribution is 6.34. The lowest BCUT2D eigenvalue weighted by molar-refractivity contribution is -0.186. The van der Waals surface area contributed by atoms with Crippen LogP contribution in [0.3, 0.4) is 0 Å². The van der Waals surface area contributed by atoms with Crippen LogP contribution in [0.5, 0.6) is 0 Å². The maximum Gasteiger partial charge on any atom is 0.339 e. The number of aromatic nitrogens is 4. The van der Waals surface area contributed by atoms with E-state index in [0.29, 0.717) is 4.57 Å². The Kier molecular flexibility index (Phi) is 17.2. The van der Waals surface area contributed by atoms with Crippen molar-refractivity contribution in [1.29, 1.82) is 0 Å². The molecule has 2 aromatic heterocycles. The summed E-state index contributed by atoms with van der Waals surface area (Å²) in [6.45, 7) is 0. The zero-order chi connectivity index (χ0) is 68.9. The number of ketones is 7. The van der Waals surface area contributed by atoms with Gasteiger partial charge in [-0.1, -0.05) is 267 Å². The first-order chi connectivity index (χ1) is 48.2. The van der Waals surface area contributed by atoms with E-state index in [4.69, 9.17) is 29.7 Å². The van der Waals surface area contributed by atoms with Crippen molar-refractivity contribution in [2.75, 3.05) is 5.73 Å². The summed E-state index contributed by atoms with van der Waals surface area (Å²) in [4.78, 5) is 191. The number of benzene rings is 10. The average Bonchev–Trinajstić information content (AvgIpc) is 1.46. The second kappa shape index (κ2) is 26.4. The fraction of sp³-hybridized carbons (Fsp3) is 0.0625. The van der Waals surface area contributed by atoms with Crippen LogP contribution in [0.4, 0.5) is 5.82 Å². The van der Waals surface area contributed by atoms with Gasteiger partial charge in [-0.15, -0.1) is 0 Å². The Morgan fingerprint density at radius 3 is 1.06 bits per heavy atom. The first kappa shape index (κ1) is 64.3. The monoisotopic (exact) mass is 1310 g/mol.